The van der Waals surface area contributed by atoms with Crippen molar-refractivity contribution < 1.29 is 19.4 Å². The summed E-state index contributed by atoms with van der Waals surface area (Å²) in [6, 6.07) is 4.42. The zero-order valence-electron chi connectivity index (χ0n) is 9.90. The number of carboxylic acids is 1. The summed E-state index contributed by atoms with van der Waals surface area (Å²) in [5.74, 6) is -0.920. The molecule has 0 atom stereocenters. The van der Waals surface area contributed by atoms with E-state index in [9.17, 15) is 9.59 Å². The molecule has 0 aliphatic rings. The first-order valence-corrected chi connectivity index (χ1v) is 5.78. The minimum atomic E-state index is -1.09. The molecule has 1 aromatic rings. The van der Waals surface area contributed by atoms with Crippen LogP contribution in [0.2, 0.25) is 5.02 Å². The van der Waals surface area contributed by atoms with Crippen molar-refractivity contribution in [3.8, 4) is 5.75 Å². The van der Waals surface area contributed by atoms with Crippen molar-refractivity contribution in [1.82, 2.24) is 5.32 Å². The molecule has 1 rings (SSSR count). The molecule has 98 valence electrons. The van der Waals surface area contributed by atoms with E-state index in [0.717, 1.165) is 0 Å². The van der Waals surface area contributed by atoms with E-state index in [4.69, 9.17) is 21.4 Å². The zero-order chi connectivity index (χ0) is 13.5. The Balaban J connectivity index is 2.51. The molecule has 0 spiro atoms. The van der Waals surface area contributed by atoms with Gasteiger partial charge in [-0.15, -0.1) is 0 Å². The summed E-state index contributed by atoms with van der Waals surface area (Å²) in [6.07, 6.45) is 0.598. The molecule has 0 heterocycles. The lowest BCUT2D eigenvalue weighted by atomic mass is 10.2. The minimum absolute atomic E-state index is 0.0297. The number of amides is 1. The van der Waals surface area contributed by atoms with Gasteiger partial charge in [0.25, 0.3) is 0 Å². The Kier molecular flexibility index (Phi) is 5.45. The van der Waals surface area contributed by atoms with Crippen molar-refractivity contribution in [3.63, 3.8) is 0 Å². The molecule has 6 heteroatoms. The van der Waals surface area contributed by atoms with Gasteiger partial charge in [-0.3, -0.25) is 4.79 Å². The zero-order valence-corrected chi connectivity index (χ0v) is 10.7. The van der Waals surface area contributed by atoms with Crippen LogP contribution in [0.1, 0.15) is 23.7 Å². The highest BCUT2D eigenvalue weighted by Gasteiger charge is 2.11. The molecule has 2 N–H and O–H groups in total. The molecule has 0 unspecified atom stereocenters. The summed E-state index contributed by atoms with van der Waals surface area (Å²) in [7, 11) is 0. The van der Waals surface area contributed by atoms with Gasteiger partial charge in [0.15, 0.2) is 0 Å². The number of carboxylic acid groups (broad SMARTS) is 1. The van der Waals surface area contributed by atoms with Gasteiger partial charge in [0.2, 0.25) is 5.91 Å². The van der Waals surface area contributed by atoms with Gasteiger partial charge in [-0.05, 0) is 24.6 Å². The van der Waals surface area contributed by atoms with Crippen LogP contribution in [-0.4, -0.2) is 30.1 Å². The average molecular weight is 272 g/mol. The topological polar surface area (TPSA) is 75.6 Å². The second-order valence-electron chi connectivity index (χ2n) is 3.63. The monoisotopic (exact) mass is 271 g/mol. The summed E-state index contributed by atoms with van der Waals surface area (Å²) in [5, 5.41) is 11.9. The third kappa shape index (κ3) is 4.63. The molecular weight excluding hydrogens is 258 g/mol. The van der Waals surface area contributed by atoms with Crippen molar-refractivity contribution in [2.45, 2.75) is 13.3 Å². The number of carbonyl (C=O) groups excluding carboxylic acids is 1. The SMILES string of the molecule is CC(=O)NCCCOc1ccc(Cl)cc1C(=O)O. The first-order chi connectivity index (χ1) is 8.50. The van der Waals surface area contributed by atoms with E-state index in [2.05, 4.69) is 5.32 Å². The molecule has 0 aromatic heterocycles. The highest BCUT2D eigenvalue weighted by atomic mass is 35.5. The maximum atomic E-state index is 11.0. The number of rotatable bonds is 6. The van der Waals surface area contributed by atoms with Gasteiger partial charge in [-0.2, -0.15) is 0 Å². The molecule has 1 aromatic carbocycles. The Hall–Kier alpha value is -1.75. The number of halogens is 1. The molecule has 18 heavy (non-hydrogen) atoms. The van der Waals surface area contributed by atoms with Crippen LogP contribution in [0.15, 0.2) is 18.2 Å². The van der Waals surface area contributed by atoms with Crippen molar-refractivity contribution in [1.29, 1.82) is 0 Å². The van der Waals surface area contributed by atoms with Crippen molar-refractivity contribution >= 4 is 23.5 Å². The van der Waals surface area contributed by atoms with Crippen LogP contribution in [-0.2, 0) is 4.79 Å². The molecule has 0 aliphatic heterocycles. The van der Waals surface area contributed by atoms with Crippen LogP contribution in [0.3, 0.4) is 0 Å². The predicted octanol–water partition coefficient (Wildman–Crippen LogP) is 1.94. The van der Waals surface area contributed by atoms with Crippen LogP contribution in [0.25, 0.3) is 0 Å². The lowest BCUT2D eigenvalue weighted by Crippen LogP contribution is -2.22. The molecule has 0 fully saturated rings. The summed E-state index contributed by atoms with van der Waals surface area (Å²) in [5.41, 5.74) is 0.0297. The quantitative estimate of drug-likeness (QED) is 0.776. The maximum absolute atomic E-state index is 11.0. The molecule has 5 nitrogen and oxygen atoms in total. The van der Waals surface area contributed by atoms with Gasteiger partial charge in [0.1, 0.15) is 11.3 Å². The Labute approximate surface area is 110 Å². The van der Waals surface area contributed by atoms with Crippen molar-refractivity contribution in [3.05, 3.63) is 28.8 Å². The second kappa shape index (κ2) is 6.86. The fourth-order valence-corrected chi connectivity index (χ4v) is 1.49. The van der Waals surface area contributed by atoms with Gasteiger partial charge < -0.3 is 15.2 Å². The number of hydrogen-bond acceptors (Lipinski definition) is 3. The minimum Gasteiger partial charge on any atom is -0.493 e. The molecule has 0 bridgehead atoms. The number of aromatic carboxylic acids is 1. The fourth-order valence-electron chi connectivity index (χ4n) is 1.31. The lowest BCUT2D eigenvalue weighted by Gasteiger charge is -2.09. The smallest absolute Gasteiger partial charge is 0.339 e. The number of ether oxygens (including phenoxy) is 1. The number of carbonyl (C=O) groups is 2. The Morgan fingerprint density at radius 2 is 2.17 bits per heavy atom. The van der Waals surface area contributed by atoms with E-state index in [-0.39, 0.29) is 17.2 Å². The molecule has 0 aliphatic carbocycles. The van der Waals surface area contributed by atoms with Crippen LogP contribution >= 0.6 is 11.6 Å². The first-order valence-electron chi connectivity index (χ1n) is 5.41. The van der Waals surface area contributed by atoms with Crippen molar-refractivity contribution in [2.75, 3.05) is 13.2 Å². The van der Waals surface area contributed by atoms with Gasteiger partial charge in [0, 0.05) is 18.5 Å². The van der Waals surface area contributed by atoms with E-state index >= 15 is 0 Å². The third-order valence-corrected chi connectivity index (χ3v) is 2.36. The Morgan fingerprint density at radius 1 is 1.44 bits per heavy atom. The first kappa shape index (κ1) is 14.3. The van der Waals surface area contributed by atoms with Crippen LogP contribution in [0.5, 0.6) is 5.75 Å². The number of hydrogen-bond donors (Lipinski definition) is 2. The van der Waals surface area contributed by atoms with E-state index < -0.39 is 5.97 Å². The summed E-state index contributed by atoms with van der Waals surface area (Å²) < 4.78 is 5.34. The Morgan fingerprint density at radius 3 is 2.78 bits per heavy atom. The molecule has 0 saturated carbocycles. The molecule has 0 radical (unpaired) electrons. The van der Waals surface area contributed by atoms with E-state index in [1.807, 2.05) is 0 Å². The van der Waals surface area contributed by atoms with Crippen LogP contribution in [0, 0.1) is 0 Å². The third-order valence-electron chi connectivity index (χ3n) is 2.12. The average Bonchev–Trinajstić information content (AvgIpc) is 2.29. The maximum Gasteiger partial charge on any atom is 0.339 e. The largest absolute Gasteiger partial charge is 0.493 e. The highest BCUT2D eigenvalue weighted by Crippen LogP contribution is 2.22. The summed E-state index contributed by atoms with van der Waals surface area (Å²) >= 11 is 5.71. The van der Waals surface area contributed by atoms with Gasteiger partial charge in [0.05, 0.1) is 6.61 Å². The van der Waals surface area contributed by atoms with Crippen LogP contribution in [0.4, 0.5) is 0 Å². The lowest BCUT2D eigenvalue weighted by molar-refractivity contribution is -0.118. The molecular formula is C12H14ClNO4. The number of nitrogens with one attached hydrogen (secondary N) is 1. The number of benzene rings is 1. The summed E-state index contributed by atoms with van der Waals surface area (Å²) in [4.78, 5) is 21.6. The molecule has 0 saturated heterocycles. The normalized spacial score (nSPS) is 9.89. The van der Waals surface area contributed by atoms with Gasteiger partial charge in [-0.1, -0.05) is 11.6 Å². The van der Waals surface area contributed by atoms with Gasteiger partial charge in [-0.25, -0.2) is 4.79 Å². The van der Waals surface area contributed by atoms with Gasteiger partial charge >= 0.3 is 5.97 Å². The van der Waals surface area contributed by atoms with E-state index in [0.29, 0.717) is 24.6 Å². The van der Waals surface area contributed by atoms with E-state index in [1.165, 1.54) is 19.1 Å². The highest BCUT2D eigenvalue weighted by molar-refractivity contribution is 6.31. The Bertz CT molecular complexity index is 448. The standard InChI is InChI=1S/C12H14ClNO4/c1-8(15)14-5-2-6-18-11-4-3-9(13)7-10(11)12(16)17/h3-4,7H,2,5-6H2,1H3,(H,14,15)(H,16,17). The fraction of sp³-hybridized carbons (Fsp3) is 0.333. The summed E-state index contributed by atoms with van der Waals surface area (Å²) in [6.45, 7) is 2.25. The van der Waals surface area contributed by atoms with Crippen LogP contribution < -0.4 is 10.1 Å². The van der Waals surface area contributed by atoms with Crippen molar-refractivity contribution in [2.24, 2.45) is 0 Å². The molecule has 1 amide bonds. The predicted molar refractivity (Wildman–Crippen MR) is 67.2 cm³/mol. The van der Waals surface area contributed by atoms with E-state index in [1.54, 1.807) is 6.07 Å². The second-order valence-corrected chi connectivity index (χ2v) is 4.07.